The Balaban J connectivity index is 2.06. The minimum Gasteiger partial charge on any atom is -0.268 e. The summed E-state index contributed by atoms with van der Waals surface area (Å²) >= 11 is 0. The predicted molar refractivity (Wildman–Crippen MR) is 73.3 cm³/mol. The van der Waals surface area contributed by atoms with Gasteiger partial charge in [0.15, 0.2) is 5.66 Å². The molecule has 0 radical (unpaired) electrons. The number of nitrogens with zero attached hydrogens (tertiary/aromatic N) is 3. The molecule has 0 N–H and O–H groups in total. The number of hydrogen-bond donors (Lipinski definition) is 0. The van der Waals surface area contributed by atoms with Crippen LogP contribution in [0.25, 0.3) is 10.9 Å². The predicted octanol–water partition coefficient (Wildman–Crippen LogP) is 1.64. The van der Waals surface area contributed by atoms with Crippen LogP contribution in [0.15, 0.2) is 34.1 Å². The van der Waals surface area contributed by atoms with E-state index in [1.54, 1.807) is 4.57 Å². The van der Waals surface area contributed by atoms with Gasteiger partial charge in [0.2, 0.25) is 0 Å². The molecule has 2 unspecified atom stereocenters. The quantitative estimate of drug-likeness (QED) is 0.721. The molecular formula is C15H11N3O. The molecule has 4 heteroatoms. The topological polar surface area (TPSA) is 47.2 Å². The van der Waals surface area contributed by atoms with Crippen molar-refractivity contribution < 1.29 is 0 Å². The van der Waals surface area contributed by atoms with E-state index >= 15 is 0 Å². The maximum absolute atomic E-state index is 12.6. The standard InChI is InChI=1S/C15H11N3O/c1-2-5-10-8-15(9-16-15)18-13(10)17-12-7-4-3-6-11(12)14(18)19/h1,3-4,6-7,9-10H,5,8H2. The van der Waals surface area contributed by atoms with Crippen molar-refractivity contribution >= 4 is 17.1 Å². The number of para-hydroxylation sites is 1. The Morgan fingerprint density at radius 2 is 2.26 bits per heavy atom. The zero-order valence-electron chi connectivity index (χ0n) is 10.2. The van der Waals surface area contributed by atoms with E-state index in [4.69, 9.17) is 6.42 Å². The second-order valence-electron chi connectivity index (χ2n) is 5.07. The number of fused-ring (bicyclic) bond motifs is 3. The van der Waals surface area contributed by atoms with Crippen LogP contribution in [0.3, 0.4) is 0 Å². The van der Waals surface area contributed by atoms with Crippen molar-refractivity contribution in [3.05, 3.63) is 40.4 Å². The van der Waals surface area contributed by atoms with Crippen molar-refractivity contribution in [2.24, 2.45) is 4.99 Å². The van der Waals surface area contributed by atoms with E-state index in [1.165, 1.54) is 0 Å². The molecule has 2 atom stereocenters. The first-order valence-corrected chi connectivity index (χ1v) is 6.27. The monoisotopic (exact) mass is 249 g/mol. The zero-order chi connectivity index (χ0) is 13.0. The fraction of sp³-hybridized carbons (Fsp3) is 0.267. The van der Waals surface area contributed by atoms with Gasteiger partial charge in [-0.05, 0) is 12.1 Å². The summed E-state index contributed by atoms with van der Waals surface area (Å²) in [6.45, 7) is 0. The van der Waals surface area contributed by atoms with E-state index < -0.39 is 5.66 Å². The van der Waals surface area contributed by atoms with Gasteiger partial charge in [-0.3, -0.25) is 14.4 Å². The molecule has 2 aromatic rings. The average Bonchev–Trinajstić information content (AvgIpc) is 3.11. The van der Waals surface area contributed by atoms with E-state index in [1.807, 2.05) is 30.5 Å². The van der Waals surface area contributed by atoms with E-state index in [0.29, 0.717) is 11.8 Å². The molecule has 1 aromatic heterocycles. The smallest absolute Gasteiger partial charge is 0.263 e. The Morgan fingerprint density at radius 1 is 1.47 bits per heavy atom. The maximum atomic E-state index is 12.6. The molecule has 0 aliphatic carbocycles. The summed E-state index contributed by atoms with van der Waals surface area (Å²) in [4.78, 5) is 21.6. The lowest BCUT2D eigenvalue weighted by molar-refractivity contribution is 0.499. The van der Waals surface area contributed by atoms with E-state index in [9.17, 15) is 4.79 Å². The molecule has 1 spiro atoms. The molecule has 19 heavy (non-hydrogen) atoms. The molecule has 1 aromatic carbocycles. The first-order chi connectivity index (χ1) is 9.25. The van der Waals surface area contributed by atoms with Crippen molar-refractivity contribution in [2.45, 2.75) is 24.4 Å². The fourth-order valence-electron chi connectivity index (χ4n) is 2.94. The second kappa shape index (κ2) is 3.33. The highest BCUT2D eigenvalue weighted by atomic mass is 16.1. The van der Waals surface area contributed by atoms with Crippen LogP contribution >= 0.6 is 0 Å². The molecule has 92 valence electrons. The van der Waals surface area contributed by atoms with Crippen LogP contribution in [0.4, 0.5) is 0 Å². The fourth-order valence-corrected chi connectivity index (χ4v) is 2.94. The van der Waals surface area contributed by atoms with E-state index in [0.717, 1.165) is 17.8 Å². The van der Waals surface area contributed by atoms with E-state index in [-0.39, 0.29) is 11.5 Å². The molecule has 0 fully saturated rings. The molecule has 0 saturated carbocycles. The Bertz CT molecular complexity index is 819. The van der Waals surface area contributed by atoms with Gasteiger partial charge < -0.3 is 0 Å². The second-order valence-corrected chi connectivity index (χ2v) is 5.07. The summed E-state index contributed by atoms with van der Waals surface area (Å²) in [5.41, 5.74) is 0.251. The average molecular weight is 249 g/mol. The summed E-state index contributed by atoms with van der Waals surface area (Å²) in [6, 6.07) is 7.42. The number of aromatic nitrogens is 2. The van der Waals surface area contributed by atoms with E-state index in [2.05, 4.69) is 15.9 Å². The highest BCUT2D eigenvalue weighted by molar-refractivity contribution is 5.84. The van der Waals surface area contributed by atoms with Gasteiger partial charge in [0.1, 0.15) is 5.82 Å². The first kappa shape index (κ1) is 10.5. The Hall–Kier alpha value is -2.41. The number of hydrogen-bond acceptors (Lipinski definition) is 3. The van der Waals surface area contributed by atoms with Crippen LogP contribution in [0.1, 0.15) is 24.6 Å². The Kier molecular flexibility index (Phi) is 1.84. The van der Waals surface area contributed by atoms with Crippen molar-refractivity contribution in [1.29, 1.82) is 0 Å². The molecule has 2 aliphatic heterocycles. The third-order valence-electron chi connectivity index (χ3n) is 3.89. The van der Waals surface area contributed by atoms with Crippen molar-refractivity contribution in [1.82, 2.24) is 9.55 Å². The van der Waals surface area contributed by atoms with Crippen LogP contribution in [0.2, 0.25) is 0 Å². The van der Waals surface area contributed by atoms with Crippen LogP contribution < -0.4 is 5.56 Å². The maximum Gasteiger partial charge on any atom is 0.263 e. The number of aliphatic imine (C=N–C) groups is 1. The summed E-state index contributed by atoms with van der Waals surface area (Å²) in [5, 5.41) is 0.641. The summed E-state index contributed by atoms with van der Waals surface area (Å²) < 4.78 is 1.72. The molecule has 4 nitrogen and oxygen atoms in total. The Morgan fingerprint density at radius 3 is 3.00 bits per heavy atom. The molecule has 0 saturated heterocycles. The van der Waals surface area contributed by atoms with Crippen molar-refractivity contribution in [3.63, 3.8) is 0 Å². The summed E-state index contributed by atoms with van der Waals surface area (Å²) in [6.07, 6.45) is 8.60. The largest absolute Gasteiger partial charge is 0.268 e. The van der Waals surface area contributed by atoms with Gasteiger partial charge in [0, 0.05) is 18.8 Å². The normalized spacial score (nSPS) is 26.6. The van der Waals surface area contributed by atoms with Gasteiger partial charge in [-0.25, -0.2) is 4.98 Å². The minimum absolute atomic E-state index is 0.0161. The minimum atomic E-state index is -0.467. The van der Waals surface area contributed by atoms with Crippen molar-refractivity contribution in [3.8, 4) is 12.3 Å². The molecule has 3 heterocycles. The van der Waals surface area contributed by atoms with Gasteiger partial charge in [0.25, 0.3) is 5.56 Å². The highest BCUT2D eigenvalue weighted by Gasteiger charge is 2.50. The number of rotatable bonds is 1. The first-order valence-electron chi connectivity index (χ1n) is 6.27. The summed E-state index contributed by atoms with van der Waals surface area (Å²) in [5.74, 6) is 3.57. The van der Waals surface area contributed by atoms with Gasteiger partial charge in [-0.2, -0.15) is 0 Å². The third-order valence-corrected chi connectivity index (χ3v) is 3.89. The molecule has 4 rings (SSSR count). The molecular weight excluding hydrogens is 238 g/mol. The summed E-state index contributed by atoms with van der Waals surface area (Å²) in [7, 11) is 0. The van der Waals surface area contributed by atoms with Crippen molar-refractivity contribution in [2.75, 3.05) is 0 Å². The van der Waals surface area contributed by atoms with Crippen LogP contribution in [-0.2, 0) is 5.66 Å². The molecule has 0 bridgehead atoms. The zero-order valence-corrected chi connectivity index (χ0v) is 10.2. The van der Waals surface area contributed by atoms with Crippen LogP contribution in [-0.4, -0.2) is 15.8 Å². The van der Waals surface area contributed by atoms with Gasteiger partial charge in [-0.1, -0.05) is 12.1 Å². The lowest BCUT2D eigenvalue weighted by Gasteiger charge is -2.10. The van der Waals surface area contributed by atoms with Gasteiger partial charge >= 0.3 is 0 Å². The van der Waals surface area contributed by atoms with Crippen LogP contribution in [0.5, 0.6) is 0 Å². The SMILES string of the molecule is C#CCC1CC2(C=N2)n2c1nc1ccccc1c2=O. The third kappa shape index (κ3) is 1.27. The molecule has 0 amide bonds. The van der Waals surface area contributed by atoms with Gasteiger partial charge in [0.05, 0.1) is 17.1 Å². The lowest BCUT2D eigenvalue weighted by Crippen LogP contribution is -2.30. The number of benzene rings is 1. The Labute approximate surface area is 109 Å². The van der Waals surface area contributed by atoms with Crippen LogP contribution in [0, 0.1) is 12.3 Å². The molecule has 2 aliphatic rings. The highest BCUT2D eigenvalue weighted by Crippen LogP contribution is 2.45. The van der Waals surface area contributed by atoms with Gasteiger partial charge in [-0.15, -0.1) is 12.3 Å². The number of terminal acetylenes is 1. The lowest BCUT2D eigenvalue weighted by atomic mass is 10.0.